The van der Waals surface area contributed by atoms with Crippen molar-refractivity contribution < 1.29 is 4.39 Å². The highest BCUT2D eigenvalue weighted by molar-refractivity contribution is 7.19. The van der Waals surface area contributed by atoms with Gasteiger partial charge in [0, 0.05) is 5.56 Å². The van der Waals surface area contributed by atoms with Crippen LogP contribution in [0, 0.1) is 19.7 Å². The Labute approximate surface area is 127 Å². The lowest BCUT2D eigenvalue weighted by Gasteiger charge is -2.06. The highest BCUT2D eigenvalue weighted by Crippen LogP contribution is 2.38. The molecule has 0 radical (unpaired) electrons. The van der Waals surface area contributed by atoms with Gasteiger partial charge in [0.1, 0.15) is 5.82 Å². The highest BCUT2D eigenvalue weighted by Gasteiger charge is 2.14. The van der Waals surface area contributed by atoms with E-state index in [0.29, 0.717) is 5.13 Å². The van der Waals surface area contributed by atoms with Gasteiger partial charge in [0.2, 0.25) is 0 Å². The first-order valence-electron chi connectivity index (χ1n) is 6.64. The monoisotopic (exact) mass is 298 g/mol. The quantitative estimate of drug-likeness (QED) is 0.737. The van der Waals surface area contributed by atoms with Gasteiger partial charge in [0.25, 0.3) is 0 Å². The Morgan fingerprint density at radius 3 is 2.52 bits per heavy atom. The molecule has 1 aromatic heterocycles. The third-order valence-electron chi connectivity index (χ3n) is 3.51. The molecule has 4 heteroatoms. The van der Waals surface area contributed by atoms with Gasteiger partial charge in [-0.25, -0.2) is 9.37 Å². The van der Waals surface area contributed by atoms with Crippen LogP contribution in [-0.4, -0.2) is 4.98 Å². The average molecular weight is 298 g/mol. The molecule has 0 amide bonds. The minimum atomic E-state index is -0.259. The zero-order valence-corrected chi connectivity index (χ0v) is 12.7. The van der Waals surface area contributed by atoms with Crippen molar-refractivity contribution in [2.24, 2.45) is 0 Å². The van der Waals surface area contributed by atoms with Gasteiger partial charge in [0.15, 0.2) is 5.13 Å². The second-order valence-corrected chi connectivity index (χ2v) is 6.07. The molecule has 0 atom stereocenters. The van der Waals surface area contributed by atoms with E-state index in [-0.39, 0.29) is 5.82 Å². The fraction of sp³-hybridized carbons (Fsp3) is 0.118. The summed E-state index contributed by atoms with van der Waals surface area (Å²) >= 11 is 1.38. The summed E-state index contributed by atoms with van der Waals surface area (Å²) in [7, 11) is 0. The molecular formula is C17H15FN2S. The summed E-state index contributed by atoms with van der Waals surface area (Å²) in [6, 6.07) is 12.7. The van der Waals surface area contributed by atoms with Crippen molar-refractivity contribution in [1.29, 1.82) is 0 Å². The van der Waals surface area contributed by atoms with Gasteiger partial charge in [-0.05, 0) is 48.7 Å². The Kier molecular flexibility index (Phi) is 3.47. The summed E-state index contributed by atoms with van der Waals surface area (Å²) in [6.45, 7) is 4.14. The second-order valence-electron chi connectivity index (χ2n) is 5.04. The Hall–Kier alpha value is -2.20. The summed E-state index contributed by atoms with van der Waals surface area (Å²) in [5.74, 6) is -0.259. The van der Waals surface area contributed by atoms with Crippen LogP contribution in [0.3, 0.4) is 0 Å². The molecule has 2 N–H and O–H groups in total. The lowest BCUT2D eigenvalue weighted by atomic mass is 10.0. The van der Waals surface area contributed by atoms with Gasteiger partial charge in [-0.1, -0.05) is 35.6 Å². The fourth-order valence-electron chi connectivity index (χ4n) is 2.25. The molecule has 21 heavy (non-hydrogen) atoms. The van der Waals surface area contributed by atoms with E-state index in [9.17, 15) is 4.39 Å². The zero-order chi connectivity index (χ0) is 15.0. The lowest BCUT2D eigenvalue weighted by molar-refractivity contribution is 0.628. The number of hydrogen-bond acceptors (Lipinski definition) is 3. The van der Waals surface area contributed by atoms with E-state index in [0.717, 1.165) is 21.7 Å². The van der Waals surface area contributed by atoms with Crippen LogP contribution in [0.15, 0.2) is 42.5 Å². The lowest BCUT2D eigenvalue weighted by Crippen LogP contribution is -1.87. The fourth-order valence-corrected chi connectivity index (χ4v) is 3.10. The molecule has 0 aliphatic heterocycles. The molecule has 2 aromatic carbocycles. The maximum atomic E-state index is 13.5. The van der Waals surface area contributed by atoms with Crippen LogP contribution in [0.5, 0.6) is 0 Å². The number of rotatable bonds is 2. The number of anilines is 1. The third-order valence-corrected chi connectivity index (χ3v) is 4.44. The average Bonchev–Trinajstić information content (AvgIpc) is 2.84. The van der Waals surface area contributed by atoms with Crippen molar-refractivity contribution in [3.05, 3.63) is 59.4 Å². The SMILES string of the molecule is Cc1ccc(-c2nc(N)sc2-c2cccc(F)c2)cc1C. The van der Waals surface area contributed by atoms with E-state index >= 15 is 0 Å². The van der Waals surface area contributed by atoms with Gasteiger partial charge in [-0.3, -0.25) is 0 Å². The molecule has 106 valence electrons. The predicted molar refractivity (Wildman–Crippen MR) is 86.8 cm³/mol. The molecule has 0 bridgehead atoms. The van der Waals surface area contributed by atoms with Crippen LogP contribution in [0.25, 0.3) is 21.7 Å². The van der Waals surface area contributed by atoms with Crippen molar-refractivity contribution in [2.75, 3.05) is 5.73 Å². The third kappa shape index (κ3) is 2.67. The molecule has 1 heterocycles. The number of hydrogen-bond donors (Lipinski definition) is 1. The molecule has 2 nitrogen and oxygen atoms in total. The Balaban J connectivity index is 2.17. The molecule has 0 saturated heterocycles. The van der Waals surface area contributed by atoms with Gasteiger partial charge < -0.3 is 5.73 Å². The maximum Gasteiger partial charge on any atom is 0.181 e. The van der Waals surface area contributed by atoms with Crippen LogP contribution in [0.4, 0.5) is 9.52 Å². The number of aromatic nitrogens is 1. The predicted octanol–water partition coefficient (Wildman–Crippen LogP) is 4.82. The topological polar surface area (TPSA) is 38.9 Å². The molecular weight excluding hydrogens is 283 g/mol. The summed E-state index contributed by atoms with van der Waals surface area (Å²) in [4.78, 5) is 5.33. The Morgan fingerprint density at radius 1 is 1.00 bits per heavy atom. The van der Waals surface area contributed by atoms with Crippen LogP contribution in [-0.2, 0) is 0 Å². The van der Waals surface area contributed by atoms with Crippen molar-refractivity contribution in [3.63, 3.8) is 0 Å². The molecule has 0 aliphatic rings. The van der Waals surface area contributed by atoms with E-state index < -0.39 is 0 Å². The first kappa shape index (κ1) is 13.8. The largest absolute Gasteiger partial charge is 0.375 e. The smallest absolute Gasteiger partial charge is 0.181 e. The molecule has 0 saturated carbocycles. The standard InChI is InChI=1S/C17H15FN2S/c1-10-6-7-12(8-11(10)2)15-16(21-17(19)20-15)13-4-3-5-14(18)9-13/h3-9H,1-2H3,(H2,19,20). The van der Waals surface area contributed by atoms with Crippen molar-refractivity contribution in [3.8, 4) is 21.7 Å². The summed E-state index contributed by atoms with van der Waals surface area (Å²) in [5, 5.41) is 0.488. The van der Waals surface area contributed by atoms with E-state index in [4.69, 9.17) is 5.73 Å². The Bertz CT molecular complexity index is 808. The number of thiazole rings is 1. The van der Waals surface area contributed by atoms with Gasteiger partial charge in [0.05, 0.1) is 10.6 Å². The molecule has 0 fully saturated rings. The summed E-state index contributed by atoms with van der Waals surface area (Å²) in [5.41, 5.74) is 10.9. The van der Waals surface area contributed by atoms with Crippen molar-refractivity contribution >= 4 is 16.5 Å². The highest BCUT2D eigenvalue weighted by atomic mass is 32.1. The van der Waals surface area contributed by atoms with Gasteiger partial charge >= 0.3 is 0 Å². The molecule has 3 rings (SSSR count). The van der Waals surface area contributed by atoms with Crippen LogP contribution < -0.4 is 5.73 Å². The minimum Gasteiger partial charge on any atom is -0.375 e. The van der Waals surface area contributed by atoms with Crippen molar-refractivity contribution in [1.82, 2.24) is 4.98 Å². The zero-order valence-electron chi connectivity index (χ0n) is 11.9. The van der Waals surface area contributed by atoms with Gasteiger partial charge in [-0.15, -0.1) is 0 Å². The maximum absolute atomic E-state index is 13.5. The molecule has 3 aromatic rings. The number of nitrogen functional groups attached to an aromatic ring is 1. The molecule has 0 aliphatic carbocycles. The van der Waals surface area contributed by atoms with Crippen molar-refractivity contribution in [2.45, 2.75) is 13.8 Å². The van der Waals surface area contributed by atoms with Crippen LogP contribution >= 0.6 is 11.3 Å². The summed E-state index contributed by atoms with van der Waals surface area (Å²) < 4.78 is 13.5. The number of nitrogens with two attached hydrogens (primary N) is 1. The molecule has 0 unspecified atom stereocenters. The number of aryl methyl sites for hydroxylation is 2. The van der Waals surface area contributed by atoms with Crippen LogP contribution in [0.2, 0.25) is 0 Å². The number of benzene rings is 2. The first-order chi connectivity index (χ1) is 10.0. The number of halogens is 1. The van der Waals surface area contributed by atoms with E-state index in [1.807, 2.05) is 12.1 Å². The summed E-state index contributed by atoms with van der Waals surface area (Å²) in [6.07, 6.45) is 0. The number of nitrogens with zero attached hydrogens (tertiary/aromatic N) is 1. The van der Waals surface area contributed by atoms with E-state index in [1.54, 1.807) is 6.07 Å². The second kappa shape index (κ2) is 5.30. The molecule has 0 spiro atoms. The van der Waals surface area contributed by atoms with Gasteiger partial charge in [-0.2, -0.15) is 0 Å². The minimum absolute atomic E-state index is 0.259. The van der Waals surface area contributed by atoms with Crippen LogP contribution in [0.1, 0.15) is 11.1 Å². The van der Waals surface area contributed by atoms with E-state index in [2.05, 4.69) is 31.0 Å². The first-order valence-corrected chi connectivity index (χ1v) is 7.46. The normalized spacial score (nSPS) is 10.8. The Morgan fingerprint density at radius 2 is 1.81 bits per heavy atom. The van der Waals surface area contributed by atoms with E-state index in [1.165, 1.54) is 34.6 Å².